The van der Waals surface area contributed by atoms with Crippen LogP contribution in [-0.2, 0) is 15.0 Å². The highest BCUT2D eigenvalue weighted by molar-refractivity contribution is 5.86. The minimum Gasteiger partial charge on any atom is -0.247 e. The largest absolute Gasteiger partial charge is 0.386 e. The lowest BCUT2D eigenvalue weighted by Crippen LogP contribution is -1.91. The van der Waals surface area contributed by atoms with Crippen LogP contribution in [0.15, 0.2) is 30.3 Å². The van der Waals surface area contributed by atoms with E-state index in [0.717, 1.165) is 0 Å². The van der Waals surface area contributed by atoms with Gasteiger partial charge in [-0.2, -0.15) is 0 Å². The van der Waals surface area contributed by atoms with Gasteiger partial charge in [-0.3, -0.25) is 0 Å². The summed E-state index contributed by atoms with van der Waals surface area (Å²) in [6.07, 6.45) is 0.111. The Labute approximate surface area is 81.8 Å². The van der Waals surface area contributed by atoms with E-state index < -0.39 is 11.9 Å². The Bertz CT molecular complexity index is 292. The van der Waals surface area contributed by atoms with Gasteiger partial charge in [0.25, 0.3) is 0 Å². The van der Waals surface area contributed by atoms with Gasteiger partial charge in [-0.25, -0.2) is 19.8 Å². The fourth-order valence-electron chi connectivity index (χ4n) is 0.574. The first-order valence-corrected chi connectivity index (χ1v) is 4.04. The Hall–Kier alpha value is -1.84. The zero-order valence-electron chi connectivity index (χ0n) is 7.73. The molecule has 0 spiro atoms. The molecule has 0 N–H and O–H groups in total. The molecule has 2 radical (unpaired) electrons. The molecule has 0 saturated carbocycles. The maximum atomic E-state index is 10.1. The highest BCUT2D eigenvalue weighted by Crippen LogP contribution is 1.96. The monoisotopic (exact) mass is 179 g/mol. The van der Waals surface area contributed by atoms with Crippen LogP contribution in [0, 0.1) is 0 Å². The van der Waals surface area contributed by atoms with Crippen molar-refractivity contribution >= 4 is 11.9 Å². The zero-order chi connectivity index (χ0) is 11.0. The van der Waals surface area contributed by atoms with Gasteiger partial charge in [-0.1, -0.05) is 25.1 Å². The molecule has 1 rings (SSSR count). The number of benzene rings is 1. The molecule has 1 aromatic rings. The van der Waals surface area contributed by atoms with Crippen molar-refractivity contribution in [1.29, 1.82) is 0 Å². The third kappa shape index (κ3) is 5.77. The van der Waals surface area contributed by atoms with Gasteiger partial charge in [0.05, 0.1) is 5.56 Å². The quantitative estimate of drug-likeness (QED) is 0.691. The first kappa shape index (κ1) is 12.2. The molecule has 14 heavy (non-hydrogen) atoms. The van der Waals surface area contributed by atoms with E-state index in [9.17, 15) is 19.8 Å². The molecular formula is C10H10O4. The molecule has 0 unspecified atom stereocenters. The Morgan fingerprint density at radius 3 is 1.86 bits per heavy atom. The van der Waals surface area contributed by atoms with E-state index >= 15 is 0 Å². The summed E-state index contributed by atoms with van der Waals surface area (Å²) in [5.74, 6) is -2.12. The topological polar surface area (TPSA) is 73.9 Å². The maximum Gasteiger partial charge on any atom is 0.386 e. The molecule has 0 aliphatic heterocycles. The summed E-state index contributed by atoms with van der Waals surface area (Å²) in [6.45, 7) is 1.54. The predicted octanol–water partition coefficient (Wildman–Crippen LogP) is 1.61. The van der Waals surface area contributed by atoms with E-state index in [1.807, 2.05) is 0 Å². The smallest absolute Gasteiger partial charge is 0.247 e. The van der Waals surface area contributed by atoms with Crippen molar-refractivity contribution in [2.24, 2.45) is 0 Å². The molecule has 4 heteroatoms. The Morgan fingerprint density at radius 2 is 1.64 bits per heavy atom. The van der Waals surface area contributed by atoms with Gasteiger partial charge in [-0.15, -0.1) is 0 Å². The van der Waals surface area contributed by atoms with E-state index in [4.69, 9.17) is 0 Å². The summed E-state index contributed by atoms with van der Waals surface area (Å²) < 4.78 is 0. The number of rotatable bonds is 2. The highest BCUT2D eigenvalue weighted by atomic mass is 16.4. The summed E-state index contributed by atoms with van der Waals surface area (Å²) >= 11 is 0. The van der Waals surface area contributed by atoms with Crippen LogP contribution >= 0.6 is 0 Å². The Balaban J connectivity index is 0.000000292. The average molecular weight is 179 g/mol. The van der Waals surface area contributed by atoms with E-state index in [0.29, 0.717) is 0 Å². The highest BCUT2D eigenvalue weighted by Gasteiger charge is 1.99. The van der Waals surface area contributed by atoms with Crippen LogP contribution in [0.3, 0.4) is 0 Å². The molecule has 0 heterocycles. The van der Waals surface area contributed by atoms with Crippen LogP contribution < -0.4 is 0 Å². The van der Waals surface area contributed by atoms with Crippen LogP contribution in [0.25, 0.3) is 0 Å². The summed E-state index contributed by atoms with van der Waals surface area (Å²) in [6, 6.07) is 8.06. The predicted molar refractivity (Wildman–Crippen MR) is 47.4 cm³/mol. The maximum absolute atomic E-state index is 10.1. The standard InChI is InChI=1S/C7H5O2.C3H5O2/c8-7(9)6-4-2-1-3-5-6;1-2-3(4)5/h1-5H;2H2,1H3/i;4-15. The van der Waals surface area contributed by atoms with Gasteiger partial charge in [-0.05, 0) is 12.1 Å². The van der Waals surface area contributed by atoms with Crippen molar-refractivity contribution in [3.8, 4) is 0 Å². The van der Waals surface area contributed by atoms with Crippen molar-refractivity contribution in [1.82, 2.24) is 0 Å². The molecule has 0 atom stereocenters. The molecule has 0 aliphatic carbocycles. The number of hydrogen-bond donors (Lipinski definition) is 0. The van der Waals surface area contributed by atoms with Crippen LogP contribution in [0.1, 0.15) is 23.7 Å². The van der Waals surface area contributed by atoms with Gasteiger partial charge in [0, 0.05) is 6.42 Å². The van der Waals surface area contributed by atoms with E-state index in [2.05, 4.69) is 0 Å². The van der Waals surface area contributed by atoms with Crippen molar-refractivity contribution in [3.05, 3.63) is 35.9 Å². The molecule has 0 bridgehead atoms. The van der Waals surface area contributed by atoms with Crippen molar-refractivity contribution in [3.63, 3.8) is 0 Å². The molecule has 0 aromatic heterocycles. The van der Waals surface area contributed by atoms with Crippen LogP contribution in [0.2, 0.25) is 0 Å². The van der Waals surface area contributed by atoms with Gasteiger partial charge in [0.2, 0.25) is 0 Å². The fourth-order valence-corrected chi connectivity index (χ4v) is 0.574. The molecule has 0 amide bonds. The second-order valence-corrected chi connectivity index (χ2v) is 2.38. The Morgan fingerprint density at radius 1 is 1.21 bits per heavy atom. The van der Waals surface area contributed by atoms with Crippen LogP contribution in [0.4, 0.5) is 0 Å². The lowest BCUT2D eigenvalue weighted by molar-refractivity contribution is -0.142. The molecule has 0 aliphatic rings. The first-order chi connectivity index (χ1) is 6.57. The second-order valence-electron chi connectivity index (χ2n) is 2.38. The van der Waals surface area contributed by atoms with Gasteiger partial charge >= 0.3 is 11.9 Å². The molecule has 1 aromatic carbocycles. The third-order valence-corrected chi connectivity index (χ3v) is 1.30. The normalized spacial score (nSPS) is 8.36. The summed E-state index contributed by atoms with van der Waals surface area (Å²) in [4.78, 5) is 19.3. The van der Waals surface area contributed by atoms with Crippen molar-refractivity contribution < 1.29 is 19.8 Å². The number of hydrogen-bond acceptors (Lipinski definition) is 2. The van der Waals surface area contributed by atoms with Crippen LogP contribution in [-0.4, -0.2) is 11.9 Å². The van der Waals surface area contributed by atoms with E-state index in [-0.39, 0.29) is 12.0 Å². The summed E-state index contributed by atoms with van der Waals surface area (Å²) in [5, 5.41) is 19.3. The number of carbonyl (C=O) groups is 2. The first-order valence-electron chi connectivity index (χ1n) is 4.04. The molecule has 74 valence electrons. The molecule has 4 nitrogen and oxygen atoms in total. The molecule has 0 saturated heterocycles. The van der Waals surface area contributed by atoms with Gasteiger partial charge in [0.1, 0.15) is 0 Å². The lowest BCUT2D eigenvalue weighted by Gasteiger charge is -1.85. The average Bonchev–Trinajstić information content (AvgIpc) is 2.20. The minimum absolute atomic E-state index is 0.111. The van der Waals surface area contributed by atoms with Gasteiger partial charge in [0.15, 0.2) is 0 Å². The number of carbonyl (C=O) groups excluding carboxylic acids is 2. The summed E-state index contributed by atoms with van der Waals surface area (Å²) in [7, 11) is 0. The van der Waals surface area contributed by atoms with Gasteiger partial charge < -0.3 is 0 Å². The molecular weight excluding hydrogens is 169 g/mol. The van der Waals surface area contributed by atoms with Crippen molar-refractivity contribution in [2.75, 3.05) is 0 Å². The SMILES string of the molecule is CCC(=O)[1O].[O]C(=O)c1ccccc1. The van der Waals surface area contributed by atoms with E-state index in [1.165, 1.54) is 19.1 Å². The third-order valence-electron chi connectivity index (χ3n) is 1.30. The second kappa shape index (κ2) is 6.65. The van der Waals surface area contributed by atoms with Crippen LogP contribution in [0.5, 0.6) is 0 Å². The van der Waals surface area contributed by atoms with E-state index in [1.54, 1.807) is 18.2 Å². The summed E-state index contributed by atoms with van der Waals surface area (Å²) in [5.41, 5.74) is 0.220. The zero-order valence-corrected chi connectivity index (χ0v) is 7.73. The fraction of sp³-hybridized carbons (Fsp3) is 0.200. The lowest BCUT2D eigenvalue weighted by atomic mass is 0.909. The molecule has 0 fully saturated rings. The van der Waals surface area contributed by atoms with Crippen molar-refractivity contribution in [2.45, 2.75) is 13.3 Å². The minimum atomic E-state index is -1.13. The Kier molecular flexibility index (Phi) is 5.78.